The van der Waals surface area contributed by atoms with Crippen LogP contribution in [0.4, 0.5) is 0 Å². The predicted octanol–water partition coefficient (Wildman–Crippen LogP) is 20.5. The normalized spacial score (nSPS) is 11.8. The van der Waals surface area contributed by atoms with Gasteiger partial charge in [-0.15, -0.1) is 0 Å². The molecule has 0 radical (unpaired) electrons. The van der Waals surface area contributed by atoms with Gasteiger partial charge in [0.05, 0.1) is 0 Å². The third-order valence-electron chi connectivity index (χ3n) is 15.4. The van der Waals surface area contributed by atoms with Crippen molar-refractivity contribution in [3.8, 4) is 66.8 Å². The fourth-order valence-electron chi connectivity index (χ4n) is 12.3. The summed E-state index contributed by atoms with van der Waals surface area (Å²) in [4.78, 5) is 0. The highest BCUT2D eigenvalue weighted by molar-refractivity contribution is 6.25. The number of hydrogen-bond donors (Lipinski definition) is 0. The van der Waals surface area contributed by atoms with Crippen molar-refractivity contribution in [2.75, 3.05) is 0 Å². The predicted molar refractivity (Wildman–Crippen MR) is 311 cm³/mol. The van der Waals surface area contributed by atoms with Gasteiger partial charge in [-0.3, -0.25) is 0 Å². The van der Waals surface area contributed by atoms with Crippen molar-refractivity contribution in [2.24, 2.45) is 0 Å². The smallest absolute Gasteiger partial charge is 0.136 e. The van der Waals surface area contributed by atoms with Gasteiger partial charge in [0.1, 0.15) is 11.2 Å². The van der Waals surface area contributed by atoms with E-state index in [1.165, 1.54) is 109 Å². The number of benzene rings is 14. The lowest BCUT2D eigenvalue weighted by Gasteiger charge is -2.19. The molecule has 1 nitrogen and oxygen atoms in total. The maximum Gasteiger partial charge on any atom is 0.136 e. The Hall–Kier alpha value is -9.56. The highest BCUT2D eigenvalue weighted by atomic mass is 16.3. The molecule has 0 saturated carbocycles. The molecular formula is C72H44O. The summed E-state index contributed by atoms with van der Waals surface area (Å²) in [7, 11) is 0. The van der Waals surface area contributed by atoms with Gasteiger partial charge in [-0.1, -0.05) is 237 Å². The van der Waals surface area contributed by atoms with Crippen LogP contribution < -0.4 is 0 Å². The molecule has 15 rings (SSSR count). The van der Waals surface area contributed by atoms with E-state index in [0.29, 0.717) is 0 Å². The molecule has 1 heterocycles. The lowest BCUT2D eigenvalue weighted by Crippen LogP contribution is -1.92. The first kappa shape index (κ1) is 41.2. The molecule has 73 heavy (non-hydrogen) atoms. The topological polar surface area (TPSA) is 13.1 Å². The van der Waals surface area contributed by atoms with Crippen molar-refractivity contribution in [1.29, 1.82) is 0 Å². The Morgan fingerprint density at radius 3 is 1.05 bits per heavy atom. The monoisotopic (exact) mass is 924 g/mol. The zero-order chi connectivity index (χ0) is 48.0. The molecule has 0 saturated heterocycles. The van der Waals surface area contributed by atoms with Crippen LogP contribution in [0, 0.1) is 0 Å². The van der Waals surface area contributed by atoms with Crippen LogP contribution >= 0.6 is 0 Å². The molecule has 0 fully saturated rings. The molecule has 0 bridgehead atoms. The van der Waals surface area contributed by atoms with Crippen molar-refractivity contribution in [3.05, 3.63) is 267 Å². The summed E-state index contributed by atoms with van der Waals surface area (Å²) in [5.74, 6) is 0. The summed E-state index contributed by atoms with van der Waals surface area (Å²) in [5.41, 5.74) is 16.2. The van der Waals surface area contributed by atoms with Gasteiger partial charge in [0.15, 0.2) is 0 Å². The van der Waals surface area contributed by atoms with Crippen molar-refractivity contribution >= 4 is 86.6 Å². The Balaban J connectivity index is 0.848. The summed E-state index contributed by atoms with van der Waals surface area (Å²) in [6.45, 7) is 0. The highest BCUT2D eigenvalue weighted by Gasteiger charge is 2.21. The fourth-order valence-corrected chi connectivity index (χ4v) is 12.3. The maximum absolute atomic E-state index is 6.81. The Morgan fingerprint density at radius 1 is 0.192 bits per heavy atom. The van der Waals surface area contributed by atoms with Crippen molar-refractivity contribution in [3.63, 3.8) is 0 Å². The molecule has 0 aliphatic rings. The quantitative estimate of drug-likeness (QED) is 0.151. The first-order valence-electron chi connectivity index (χ1n) is 25.2. The van der Waals surface area contributed by atoms with Crippen LogP contribution in [0.3, 0.4) is 0 Å². The molecule has 0 unspecified atom stereocenters. The largest absolute Gasteiger partial charge is 0.456 e. The molecule has 0 atom stereocenters. The number of rotatable bonds is 6. The van der Waals surface area contributed by atoms with E-state index in [0.717, 1.165) is 44.2 Å². The van der Waals surface area contributed by atoms with Gasteiger partial charge in [0, 0.05) is 10.8 Å². The van der Waals surface area contributed by atoms with E-state index >= 15 is 0 Å². The molecule has 0 amide bonds. The molecule has 14 aromatic carbocycles. The zero-order valence-corrected chi connectivity index (χ0v) is 39.8. The van der Waals surface area contributed by atoms with Gasteiger partial charge in [-0.2, -0.15) is 0 Å². The van der Waals surface area contributed by atoms with E-state index in [4.69, 9.17) is 4.42 Å². The van der Waals surface area contributed by atoms with E-state index in [-0.39, 0.29) is 0 Å². The average Bonchev–Trinajstić information content (AvgIpc) is 3.84. The van der Waals surface area contributed by atoms with Crippen LogP contribution in [-0.4, -0.2) is 0 Å². The molecule has 0 aliphatic carbocycles. The minimum absolute atomic E-state index is 0.873. The molecule has 1 heteroatoms. The third-order valence-corrected chi connectivity index (χ3v) is 15.4. The first-order chi connectivity index (χ1) is 36.2. The van der Waals surface area contributed by atoms with Crippen LogP contribution in [-0.2, 0) is 0 Å². The summed E-state index contributed by atoms with van der Waals surface area (Å²) in [6, 6.07) is 97.9. The lowest BCUT2D eigenvalue weighted by molar-refractivity contribution is 0.669. The number of hydrogen-bond acceptors (Lipinski definition) is 1. The van der Waals surface area contributed by atoms with E-state index in [1.807, 2.05) is 0 Å². The molecule has 0 N–H and O–H groups in total. The number of fused-ring (bicyclic) bond motifs is 9. The van der Waals surface area contributed by atoms with Crippen LogP contribution in [0.1, 0.15) is 0 Å². The second kappa shape index (κ2) is 16.5. The van der Waals surface area contributed by atoms with Gasteiger partial charge in [0.25, 0.3) is 0 Å². The van der Waals surface area contributed by atoms with Crippen LogP contribution in [0.15, 0.2) is 271 Å². The lowest BCUT2D eigenvalue weighted by atomic mass is 9.84. The minimum atomic E-state index is 0.873. The summed E-state index contributed by atoms with van der Waals surface area (Å²) in [5, 5.41) is 17.2. The zero-order valence-electron chi connectivity index (χ0n) is 39.8. The van der Waals surface area contributed by atoms with E-state index in [2.05, 4.69) is 267 Å². The second-order valence-electron chi connectivity index (χ2n) is 19.4. The van der Waals surface area contributed by atoms with Crippen molar-refractivity contribution < 1.29 is 4.42 Å². The van der Waals surface area contributed by atoms with Gasteiger partial charge in [-0.25, -0.2) is 0 Å². The summed E-state index contributed by atoms with van der Waals surface area (Å²) >= 11 is 0. The van der Waals surface area contributed by atoms with Crippen LogP contribution in [0.2, 0.25) is 0 Å². The van der Waals surface area contributed by atoms with Gasteiger partial charge < -0.3 is 4.42 Å². The van der Waals surface area contributed by atoms with E-state index < -0.39 is 0 Å². The van der Waals surface area contributed by atoms with Gasteiger partial charge in [-0.05, 0) is 162 Å². The first-order valence-corrected chi connectivity index (χ1v) is 25.2. The Bertz CT molecular complexity index is 4620. The third kappa shape index (κ3) is 6.49. The fraction of sp³-hybridized carbons (Fsp3) is 0. The SMILES string of the molecule is c1cc(-c2ccc3c(c2)oc2cccc(-c4cccc(-c5c6ccccc6c(-c6cccc7ccccc67)c6ccccc56)c4)c23)cc(-c2c3ccccc3c(-c3cccc4ccccc34)c3ccccc23)c1. The standard InChI is InChI=1S/C72H44O/c1-3-26-52-45(18-1)20-15-37-55(52)70-61-32-9-5-28-57(61)68(58-29-6-10-33-62(58)70)50-24-13-22-47(42-50)48-40-41-65-67(44-48)73-66-39-17-36-54(72(65)66)49-23-14-25-51(43-49)69-59-30-7-11-34-63(59)71(64-35-12-8-31-60(64)69)56-38-16-21-46-19-2-4-27-53(46)56/h1-44H. The van der Waals surface area contributed by atoms with Gasteiger partial charge in [0.2, 0.25) is 0 Å². The Labute approximate surface area is 422 Å². The Kier molecular flexibility index (Phi) is 9.33. The van der Waals surface area contributed by atoms with E-state index in [1.54, 1.807) is 0 Å². The summed E-state index contributed by atoms with van der Waals surface area (Å²) in [6.07, 6.45) is 0. The summed E-state index contributed by atoms with van der Waals surface area (Å²) < 4.78 is 6.81. The molecule has 1 aromatic heterocycles. The molecule has 15 aromatic rings. The van der Waals surface area contributed by atoms with Gasteiger partial charge >= 0.3 is 0 Å². The molecule has 0 spiro atoms. The van der Waals surface area contributed by atoms with Crippen LogP contribution in [0.5, 0.6) is 0 Å². The van der Waals surface area contributed by atoms with Crippen molar-refractivity contribution in [1.82, 2.24) is 0 Å². The molecule has 338 valence electrons. The van der Waals surface area contributed by atoms with E-state index in [9.17, 15) is 0 Å². The maximum atomic E-state index is 6.81. The molecule has 0 aliphatic heterocycles. The van der Waals surface area contributed by atoms with Crippen molar-refractivity contribution in [2.45, 2.75) is 0 Å². The highest BCUT2D eigenvalue weighted by Crippen LogP contribution is 2.49. The second-order valence-corrected chi connectivity index (χ2v) is 19.4. The Morgan fingerprint density at radius 2 is 0.548 bits per heavy atom. The molecular weight excluding hydrogens is 881 g/mol. The average molecular weight is 925 g/mol. The van der Waals surface area contributed by atoms with Crippen LogP contribution in [0.25, 0.3) is 153 Å². The number of furan rings is 1. The minimum Gasteiger partial charge on any atom is -0.456 e.